The van der Waals surface area contributed by atoms with Gasteiger partial charge >= 0.3 is 5.97 Å². The molecule has 0 N–H and O–H groups in total. The molecule has 0 aliphatic carbocycles. The normalized spacial score (nSPS) is 14.7. The van der Waals surface area contributed by atoms with Crippen molar-refractivity contribution < 1.29 is 9.53 Å². The molecule has 0 aromatic rings. The molecular weight excluding hydrogens is 272 g/mol. The van der Waals surface area contributed by atoms with Crippen LogP contribution in [-0.4, -0.2) is 12.6 Å². The van der Waals surface area contributed by atoms with Gasteiger partial charge in [0.15, 0.2) is 0 Å². The van der Waals surface area contributed by atoms with Crippen molar-refractivity contribution in [2.24, 2.45) is 11.8 Å². The van der Waals surface area contributed by atoms with Crippen LogP contribution in [-0.2, 0) is 9.53 Å². The van der Waals surface area contributed by atoms with Crippen LogP contribution in [0.15, 0.2) is 11.6 Å². The van der Waals surface area contributed by atoms with E-state index in [0.717, 1.165) is 24.8 Å². The average Bonchev–Trinajstić information content (AvgIpc) is 2.54. The fraction of sp³-hybridized carbons (Fsp3) is 0.850. The van der Waals surface area contributed by atoms with Crippen molar-refractivity contribution in [1.82, 2.24) is 0 Å². The third-order valence-corrected chi connectivity index (χ3v) is 4.62. The molecule has 0 spiro atoms. The van der Waals surface area contributed by atoms with Gasteiger partial charge in [0, 0.05) is 5.57 Å². The molecule has 0 aliphatic heterocycles. The Kier molecular flexibility index (Phi) is 13.3. The minimum Gasteiger partial charge on any atom is -0.462 e. The van der Waals surface area contributed by atoms with Gasteiger partial charge in [-0.2, -0.15) is 0 Å². The molecule has 0 aromatic carbocycles. The van der Waals surface area contributed by atoms with Gasteiger partial charge < -0.3 is 4.74 Å². The van der Waals surface area contributed by atoms with Crippen LogP contribution >= 0.6 is 0 Å². The zero-order chi connectivity index (χ0) is 16.8. The lowest BCUT2D eigenvalue weighted by atomic mass is 9.95. The van der Waals surface area contributed by atoms with Gasteiger partial charge in [0.05, 0.1) is 6.61 Å². The summed E-state index contributed by atoms with van der Waals surface area (Å²) in [5.74, 6) is 1.10. The predicted molar refractivity (Wildman–Crippen MR) is 95.9 cm³/mol. The van der Waals surface area contributed by atoms with Gasteiger partial charge in [0.2, 0.25) is 0 Å². The second-order valence-electron chi connectivity index (χ2n) is 6.55. The Balaban J connectivity index is 4.19. The van der Waals surface area contributed by atoms with E-state index in [1.165, 1.54) is 38.5 Å². The second kappa shape index (κ2) is 13.8. The minimum atomic E-state index is -0.125. The fourth-order valence-electron chi connectivity index (χ4n) is 2.61. The molecule has 2 nitrogen and oxygen atoms in total. The number of ether oxygens (including phenoxy) is 1. The number of carbonyl (C=O) groups excluding carboxylic acids is 1. The number of esters is 1. The number of rotatable bonds is 13. The second-order valence-corrected chi connectivity index (χ2v) is 6.55. The van der Waals surface area contributed by atoms with Crippen LogP contribution in [0.25, 0.3) is 0 Å². The summed E-state index contributed by atoms with van der Waals surface area (Å²) >= 11 is 0. The predicted octanol–water partition coefficient (Wildman–Crippen LogP) is 6.30. The summed E-state index contributed by atoms with van der Waals surface area (Å²) < 4.78 is 5.49. The lowest BCUT2D eigenvalue weighted by Crippen LogP contribution is -2.14. The van der Waals surface area contributed by atoms with E-state index in [0.29, 0.717) is 18.4 Å². The maximum atomic E-state index is 12.1. The Morgan fingerprint density at radius 2 is 1.50 bits per heavy atom. The van der Waals surface area contributed by atoms with Crippen molar-refractivity contribution in [2.45, 2.75) is 92.4 Å². The molecule has 0 bridgehead atoms. The Morgan fingerprint density at radius 3 is 2.00 bits per heavy atom. The van der Waals surface area contributed by atoms with E-state index in [-0.39, 0.29) is 5.97 Å². The zero-order valence-corrected chi connectivity index (χ0v) is 15.6. The molecular formula is C20H38O2. The van der Waals surface area contributed by atoms with Gasteiger partial charge in [-0.3, -0.25) is 0 Å². The molecule has 0 fully saturated rings. The summed E-state index contributed by atoms with van der Waals surface area (Å²) in [4.78, 5) is 12.1. The summed E-state index contributed by atoms with van der Waals surface area (Å²) in [6.45, 7) is 11.3. The SMILES string of the molecule is CCCCC(CC)CC=C(C)C(=O)OCC(CC)CCCC. The van der Waals surface area contributed by atoms with Gasteiger partial charge in [-0.15, -0.1) is 0 Å². The first-order valence-corrected chi connectivity index (χ1v) is 9.42. The van der Waals surface area contributed by atoms with Crippen LogP contribution in [0, 0.1) is 11.8 Å². The van der Waals surface area contributed by atoms with Gasteiger partial charge in [0.25, 0.3) is 0 Å². The standard InChI is InChI=1S/C20H38O2/c1-6-10-12-18(8-3)15-14-17(5)20(21)22-16-19(9-4)13-11-7-2/h14,18-19H,6-13,15-16H2,1-5H3. The van der Waals surface area contributed by atoms with Crippen molar-refractivity contribution >= 4 is 5.97 Å². The van der Waals surface area contributed by atoms with Crippen LogP contribution in [0.5, 0.6) is 0 Å². The molecule has 0 saturated heterocycles. The van der Waals surface area contributed by atoms with E-state index in [2.05, 4.69) is 33.8 Å². The Labute approximate surface area is 138 Å². The van der Waals surface area contributed by atoms with Crippen LogP contribution in [0.4, 0.5) is 0 Å². The van der Waals surface area contributed by atoms with Gasteiger partial charge in [-0.25, -0.2) is 4.79 Å². The fourth-order valence-corrected chi connectivity index (χ4v) is 2.61. The number of unbranched alkanes of at least 4 members (excludes halogenated alkanes) is 2. The van der Waals surface area contributed by atoms with Crippen molar-refractivity contribution in [2.75, 3.05) is 6.61 Å². The summed E-state index contributed by atoms with van der Waals surface area (Å²) in [5.41, 5.74) is 0.778. The van der Waals surface area contributed by atoms with Crippen LogP contribution in [0.2, 0.25) is 0 Å². The molecule has 0 aliphatic rings. The highest BCUT2D eigenvalue weighted by Gasteiger charge is 2.12. The van der Waals surface area contributed by atoms with E-state index < -0.39 is 0 Å². The first-order valence-electron chi connectivity index (χ1n) is 9.42. The van der Waals surface area contributed by atoms with Crippen molar-refractivity contribution in [3.63, 3.8) is 0 Å². The summed E-state index contributed by atoms with van der Waals surface area (Å²) in [6.07, 6.45) is 12.8. The van der Waals surface area contributed by atoms with Crippen LogP contribution in [0.1, 0.15) is 92.4 Å². The molecule has 2 unspecified atom stereocenters. The maximum Gasteiger partial charge on any atom is 0.333 e. The highest BCUT2D eigenvalue weighted by atomic mass is 16.5. The third kappa shape index (κ3) is 10.0. The topological polar surface area (TPSA) is 26.3 Å². The molecule has 2 atom stereocenters. The zero-order valence-electron chi connectivity index (χ0n) is 15.6. The molecule has 130 valence electrons. The lowest BCUT2D eigenvalue weighted by molar-refractivity contribution is -0.140. The monoisotopic (exact) mass is 310 g/mol. The molecule has 0 aromatic heterocycles. The average molecular weight is 311 g/mol. The van der Waals surface area contributed by atoms with Crippen LogP contribution < -0.4 is 0 Å². The molecule has 0 radical (unpaired) electrons. The van der Waals surface area contributed by atoms with E-state index in [1.54, 1.807) is 0 Å². The molecule has 22 heavy (non-hydrogen) atoms. The highest BCUT2D eigenvalue weighted by Crippen LogP contribution is 2.19. The molecule has 0 amide bonds. The third-order valence-electron chi connectivity index (χ3n) is 4.62. The van der Waals surface area contributed by atoms with Gasteiger partial charge in [-0.05, 0) is 31.6 Å². The number of allylic oxidation sites excluding steroid dienone is 1. The summed E-state index contributed by atoms with van der Waals surface area (Å²) in [5, 5.41) is 0. The summed E-state index contributed by atoms with van der Waals surface area (Å²) in [7, 11) is 0. The smallest absolute Gasteiger partial charge is 0.333 e. The quantitative estimate of drug-likeness (QED) is 0.295. The van der Waals surface area contributed by atoms with Crippen LogP contribution in [0.3, 0.4) is 0 Å². The molecule has 2 heteroatoms. The molecule has 0 heterocycles. The first kappa shape index (κ1) is 21.2. The van der Waals surface area contributed by atoms with Gasteiger partial charge in [0.1, 0.15) is 0 Å². The van der Waals surface area contributed by atoms with E-state index >= 15 is 0 Å². The molecule has 0 rings (SSSR count). The number of hydrogen-bond acceptors (Lipinski definition) is 2. The first-order chi connectivity index (χ1) is 10.6. The van der Waals surface area contributed by atoms with E-state index in [9.17, 15) is 4.79 Å². The van der Waals surface area contributed by atoms with E-state index in [4.69, 9.17) is 4.74 Å². The van der Waals surface area contributed by atoms with Crippen molar-refractivity contribution in [3.05, 3.63) is 11.6 Å². The Hall–Kier alpha value is -0.790. The Morgan fingerprint density at radius 1 is 0.955 bits per heavy atom. The maximum absolute atomic E-state index is 12.1. The number of carbonyl (C=O) groups is 1. The number of hydrogen-bond donors (Lipinski definition) is 0. The highest BCUT2D eigenvalue weighted by molar-refractivity contribution is 5.87. The minimum absolute atomic E-state index is 0.125. The largest absolute Gasteiger partial charge is 0.462 e. The Bertz CT molecular complexity index is 307. The van der Waals surface area contributed by atoms with Crippen molar-refractivity contribution in [1.29, 1.82) is 0 Å². The summed E-state index contributed by atoms with van der Waals surface area (Å²) in [6, 6.07) is 0. The lowest BCUT2D eigenvalue weighted by Gasteiger charge is -2.15. The van der Waals surface area contributed by atoms with Gasteiger partial charge in [-0.1, -0.05) is 78.7 Å². The van der Waals surface area contributed by atoms with Crippen molar-refractivity contribution in [3.8, 4) is 0 Å². The van der Waals surface area contributed by atoms with E-state index in [1.807, 2.05) is 6.92 Å². The molecule has 0 saturated carbocycles.